The molecule has 0 aliphatic carbocycles. The van der Waals surface area contributed by atoms with E-state index < -0.39 is 43.4 Å². The van der Waals surface area contributed by atoms with Gasteiger partial charge in [-0.2, -0.15) is 0 Å². The molecule has 0 fully saturated rings. The third-order valence-corrected chi connectivity index (χ3v) is 3.69. The van der Waals surface area contributed by atoms with Gasteiger partial charge in [0.1, 0.15) is 11.9 Å². The van der Waals surface area contributed by atoms with E-state index in [0.29, 0.717) is 12.7 Å². The fourth-order valence-electron chi connectivity index (χ4n) is 1.44. The van der Waals surface area contributed by atoms with E-state index in [9.17, 15) is 17.6 Å². The molecule has 9 heteroatoms. The van der Waals surface area contributed by atoms with Crippen LogP contribution in [0.2, 0.25) is 5.02 Å². The predicted octanol–water partition coefficient (Wildman–Crippen LogP) is 1.71. The molecule has 0 radical (unpaired) electrons. The number of ether oxygens (including phenoxy) is 2. The van der Waals surface area contributed by atoms with E-state index in [1.165, 1.54) is 0 Å². The maximum atomic E-state index is 13.6. The van der Waals surface area contributed by atoms with Crippen LogP contribution in [-0.2, 0) is 19.5 Å². The SMILES string of the molecule is CCOCC(C)OC(=O)c1cc(S(N)(=O)=O)cc(F)c1Cl. The van der Waals surface area contributed by atoms with Gasteiger partial charge in [-0.25, -0.2) is 22.7 Å². The van der Waals surface area contributed by atoms with Crippen molar-refractivity contribution in [2.24, 2.45) is 5.14 Å². The molecule has 6 nitrogen and oxygen atoms in total. The minimum absolute atomic E-state index is 0.150. The van der Waals surface area contributed by atoms with Gasteiger partial charge in [-0.3, -0.25) is 0 Å². The largest absolute Gasteiger partial charge is 0.457 e. The number of primary sulfonamides is 1. The summed E-state index contributed by atoms with van der Waals surface area (Å²) in [6, 6.07) is 1.51. The number of halogens is 2. The molecule has 1 unspecified atom stereocenters. The average Bonchev–Trinajstić information content (AvgIpc) is 2.37. The van der Waals surface area contributed by atoms with Crippen molar-refractivity contribution in [2.75, 3.05) is 13.2 Å². The number of carbonyl (C=O) groups excluding carboxylic acids is 1. The van der Waals surface area contributed by atoms with E-state index >= 15 is 0 Å². The third kappa shape index (κ3) is 4.92. The Morgan fingerprint density at radius 2 is 2.10 bits per heavy atom. The van der Waals surface area contributed by atoms with Crippen molar-refractivity contribution < 1.29 is 27.1 Å². The molecule has 1 rings (SSSR count). The highest BCUT2D eigenvalue weighted by Crippen LogP contribution is 2.25. The highest BCUT2D eigenvalue weighted by molar-refractivity contribution is 7.89. The fraction of sp³-hybridized carbons (Fsp3) is 0.417. The summed E-state index contributed by atoms with van der Waals surface area (Å²) in [4.78, 5) is 11.3. The van der Waals surface area contributed by atoms with E-state index in [1.807, 2.05) is 0 Å². The van der Waals surface area contributed by atoms with Crippen LogP contribution in [0.5, 0.6) is 0 Å². The number of rotatable bonds is 6. The lowest BCUT2D eigenvalue weighted by molar-refractivity contribution is 0.00435. The van der Waals surface area contributed by atoms with Gasteiger partial charge in [-0.15, -0.1) is 0 Å². The van der Waals surface area contributed by atoms with Crippen LogP contribution in [-0.4, -0.2) is 33.7 Å². The Morgan fingerprint density at radius 3 is 2.62 bits per heavy atom. The van der Waals surface area contributed by atoms with Crippen molar-refractivity contribution in [1.82, 2.24) is 0 Å². The molecular weight excluding hydrogens is 325 g/mol. The van der Waals surface area contributed by atoms with Gasteiger partial charge >= 0.3 is 5.97 Å². The number of sulfonamides is 1. The van der Waals surface area contributed by atoms with Crippen LogP contribution >= 0.6 is 11.6 Å². The summed E-state index contributed by atoms with van der Waals surface area (Å²) < 4.78 is 46.1. The number of hydrogen-bond acceptors (Lipinski definition) is 5. The number of carbonyl (C=O) groups is 1. The van der Waals surface area contributed by atoms with Gasteiger partial charge in [-0.05, 0) is 26.0 Å². The Hall–Kier alpha value is -1.22. The molecule has 0 saturated heterocycles. The summed E-state index contributed by atoms with van der Waals surface area (Å²) >= 11 is 5.66. The molecule has 1 aromatic rings. The zero-order valence-corrected chi connectivity index (χ0v) is 13.0. The zero-order chi connectivity index (χ0) is 16.2. The number of esters is 1. The molecule has 2 N–H and O–H groups in total. The standard InChI is InChI=1S/C12H15ClFNO5S/c1-3-19-6-7(2)20-12(16)9-4-8(21(15,17)18)5-10(14)11(9)13/h4-5,7H,3,6H2,1-2H3,(H2,15,17,18). The van der Waals surface area contributed by atoms with Crippen LogP contribution in [0, 0.1) is 5.82 Å². The van der Waals surface area contributed by atoms with E-state index in [1.54, 1.807) is 13.8 Å². The second kappa shape index (κ2) is 7.17. The number of hydrogen-bond donors (Lipinski definition) is 1. The molecule has 0 heterocycles. The fourth-order valence-corrected chi connectivity index (χ4v) is 2.18. The van der Waals surface area contributed by atoms with Crippen molar-refractivity contribution in [2.45, 2.75) is 24.8 Å². The third-order valence-electron chi connectivity index (χ3n) is 2.42. The molecule has 0 spiro atoms. The summed E-state index contributed by atoms with van der Waals surface area (Å²) in [6.45, 7) is 3.94. The first-order valence-corrected chi connectivity index (χ1v) is 7.89. The Bertz CT molecular complexity index is 635. The first-order chi connectivity index (χ1) is 9.66. The molecule has 0 saturated carbocycles. The van der Waals surface area contributed by atoms with E-state index in [0.717, 1.165) is 6.07 Å². The van der Waals surface area contributed by atoms with Crippen LogP contribution in [0.3, 0.4) is 0 Å². The van der Waals surface area contributed by atoms with Crippen molar-refractivity contribution >= 4 is 27.6 Å². The lowest BCUT2D eigenvalue weighted by atomic mass is 10.2. The van der Waals surface area contributed by atoms with E-state index in [2.05, 4.69) is 0 Å². The molecule has 0 amide bonds. The average molecular weight is 340 g/mol. The molecule has 0 aliphatic rings. The Balaban J connectivity index is 3.06. The van der Waals surface area contributed by atoms with E-state index in [-0.39, 0.29) is 6.61 Å². The molecule has 0 bridgehead atoms. The maximum absolute atomic E-state index is 13.6. The zero-order valence-electron chi connectivity index (χ0n) is 11.4. The van der Waals surface area contributed by atoms with Gasteiger partial charge in [0.2, 0.25) is 10.0 Å². The van der Waals surface area contributed by atoms with E-state index in [4.69, 9.17) is 26.2 Å². The van der Waals surface area contributed by atoms with Gasteiger partial charge < -0.3 is 9.47 Å². The summed E-state index contributed by atoms with van der Waals surface area (Å²) in [5.74, 6) is -2.04. The Labute approximate surface area is 127 Å². The highest BCUT2D eigenvalue weighted by Gasteiger charge is 2.22. The van der Waals surface area contributed by atoms with Crippen molar-refractivity contribution in [3.05, 3.63) is 28.5 Å². The molecule has 1 atom stereocenters. The monoisotopic (exact) mass is 339 g/mol. The number of benzene rings is 1. The molecule has 118 valence electrons. The number of nitrogens with two attached hydrogens (primary N) is 1. The van der Waals surface area contributed by atoms with Crippen molar-refractivity contribution in [1.29, 1.82) is 0 Å². The second-order valence-corrected chi connectivity index (χ2v) is 6.13. The summed E-state index contributed by atoms with van der Waals surface area (Å²) in [5, 5.41) is 4.37. The first-order valence-electron chi connectivity index (χ1n) is 5.97. The highest BCUT2D eigenvalue weighted by atomic mass is 35.5. The summed E-state index contributed by atoms with van der Waals surface area (Å²) in [7, 11) is -4.17. The van der Waals surface area contributed by atoms with Gasteiger partial charge in [0.25, 0.3) is 0 Å². The lowest BCUT2D eigenvalue weighted by Crippen LogP contribution is -2.21. The topological polar surface area (TPSA) is 95.7 Å². The van der Waals surface area contributed by atoms with Gasteiger partial charge in [0, 0.05) is 6.61 Å². The van der Waals surface area contributed by atoms with Crippen molar-refractivity contribution in [3.8, 4) is 0 Å². The van der Waals surface area contributed by atoms with Crippen LogP contribution in [0.25, 0.3) is 0 Å². The van der Waals surface area contributed by atoms with Crippen LogP contribution in [0.15, 0.2) is 17.0 Å². The maximum Gasteiger partial charge on any atom is 0.340 e. The first kappa shape index (κ1) is 17.8. The lowest BCUT2D eigenvalue weighted by Gasteiger charge is -2.14. The summed E-state index contributed by atoms with van der Waals surface area (Å²) in [5.41, 5.74) is -0.413. The Kier molecular flexibility index (Phi) is 6.09. The molecule has 0 aromatic heterocycles. The second-order valence-electron chi connectivity index (χ2n) is 4.19. The quantitative estimate of drug-likeness (QED) is 0.796. The molecule has 1 aromatic carbocycles. The minimum Gasteiger partial charge on any atom is -0.457 e. The Morgan fingerprint density at radius 1 is 1.48 bits per heavy atom. The normalized spacial score (nSPS) is 13.0. The van der Waals surface area contributed by atoms with Crippen LogP contribution in [0.4, 0.5) is 4.39 Å². The summed E-state index contributed by atoms with van der Waals surface area (Å²) in [6.07, 6.45) is -0.602. The molecule has 21 heavy (non-hydrogen) atoms. The molecular formula is C12H15ClFNO5S. The minimum atomic E-state index is -4.17. The van der Waals surface area contributed by atoms with Crippen molar-refractivity contribution in [3.63, 3.8) is 0 Å². The van der Waals surface area contributed by atoms with Crippen LogP contribution in [0.1, 0.15) is 24.2 Å². The van der Waals surface area contributed by atoms with Crippen LogP contribution < -0.4 is 5.14 Å². The van der Waals surface area contributed by atoms with Gasteiger partial charge in [0.15, 0.2) is 0 Å². The van der Waals surface area contributed by atoms with Gasteiger partial charge in [0.05, 0.1) is 22.1 Å². The molecule has 0 aliphatic heterocycles. The van der Waals surface area contributed by atoms with Gasteiger partial charge in [-0.1, -0.05) is 11.6 Å². The smallest absolute Gasteiger partial charge is 0.340 e. The predicted molar refractivity (Wildman–Crippen MR) is 74.2 cm³/mol.